The highest BCUT2D eigenvalue weighted by Crippen LogP contribution is 2.12. The third kappa shape index (κ3) is 6.30. The number of hydrogen-bond donors (Lipinski definition) is 1. The molecule has 62 valence electrons. The lowest BCUT2D eigenvalue weighted by Gasteiger charge is -2.04. The predicted octanol–water partition coefficient (Wildman–Crippen LogP) is 1.84. The summed E-state index contributed by atoms with van der Waals surface area (Å²) in [6.45, 7) is 4.39. The smallest absolute Gasteiger partial charge is 0.159 e. The fraction of sp³-hybridized carbons (Fsp3) is 1.00. The molecule has 0 fully saturated rings. The van der Waals surface area contributed by atoms with E-state index in [9.17, 15) is 0 Å². The van der Waals surface area contributed by atoms with Crippen molar-refractivity contribution < 1.29 is 4.80 Å². The second-order valence-electron chi connectivity index (χ2n) is 3.14. The molecule has 0 aromatic carbocycles. The van der Waals surface area contributed by atoms with E-state index in [1.54, 1.807) is 0 Å². The van der Waals surface area contributed by atoms with Crippen LogP contribution in [0.4, 0.5) is 0 Å². The van der Waals surface area contributed by atoms with E-state index in [0.717, 1.165) is 0 Å². The quantitative estimate of drug-likeness (QED) is 0.464. The van der Waals surface area contributed by atoms with Crippen molar-refractivity contribution in [1.82, 2.24) is 0 Å². The van der Waals surface area contributed by atoms with E-state index < -0.39 is 9.76 Å². The van der Waals surface area contributed by atoms with Crippen LogP contribution in [0.5, 0.6) is 0 Å². The minimum atomic E-state index is -0.696. The fourth-order valence-electron chi connectivity index (χ4n) is 1.01. The zero-order valence-corrected chi connectivity index (χ0v) is 8.68. The van der Waals surface area contributed by atoms with Gasteiger partial charge < -0.3 is 4.80 Å². The third-order valence-corrected chi connectivity index (χ3v) is 2.89. The first-order valence-corrected chi connectivity index (χ1v) is 5.87. The summed E-state index contributed by atoms with van der Waals surface area (Å²) < 4.78 is 0. The van der Waals surface area contributed by atoms with Gasteiger partial charge in [-0.2, -0.15) is 0 Å². The first-order chi connectivity index (χ1) is 4.81. The lowest BCUT2D eigenvalue weighted by atomic mass is 10.1. The van der Waals surface area contributed by atoms with Crippen molar-refractivity contribution in [2.75, 3.05) is 0 Å². The maximum atomic E-state index is 8.83. The van der Waals surface area contributed by atoms with Gasteiger partial charge >= 0.3 is 0 Å². The molecule has 0 heterocycles. The van der Waals surface area contributed by atoms with Crippen molar-refractivity contribution in [1.29, 1.82) is 0 Å². The van der Waals surface area contributed by atoms with Crippen LogP contribution >= 0.6 is 0 Å². The zero-order chi connectivity index (χ0) is 7.82. The molecule has 0 spiro atoms. The van der Waals surface area contributed by atoms with Crippen LogP contribution < -0.4 is 0 Å². The van der Waals surface area contributed by atoms with E-state index in [2.05, 4.69) is 13.8 Å². The van der Waals surface area contributed by atoms with Crippen molar-refractivity contribution >= 4 is 9.76 Å². The molecule has 0 aliphatic carbocycles. The summed E-state index contributed by atoms with van der Waals surface area (Å²) in [7, 11) is -0.696. The van der Waals surface area contributed by atoms with Gasteiger partial charge in [0.2, 0.25) is 0 Å². The Labute approximate surface area is 66.8 Å². The Morgan fingerprint density at radius 1 is 1.30 bits per heavy atom. The maximum Gasteiger partial charge on any atom is 0.159 e. The Kier molecular flexibility index (Phi) is 7.41. The number of rotatable bonds is 6. The molecule has 0 aliphatic rings. The van der Waals surface area contributed by atoms with Crippen molar-refractivity contribution in [2.24, 2.45) is 0 Å². The highest BCUT2D eigenvalue weighted by atomic mass is 28.2. The largest absolute Gasteiger partial charge is 0.438 e. The van der Waals surface area contributed by atoms with Gasteiger partial charge in [-0.1, -0.05) is 46.0 Å². The lowest BCUT2D eigenvalue weighted by Crippen LogP contribution is -1.97. The van der Waals surface area contributed by atoms with E-state index >= 15 is 0 Å². The Hall–Kier alpha value is 0.177. The molecule has 0 radical (unpaired) electrons. The van der Waals surface area contributed by atoms with Gasteiger partial charge in [-0.25, -0.2) is 0 Å². The van der Waals surface area contributed by atoms with Crippen molar-refractivity contribution in [3.63, 3.8) is 0 Å². The minimum absolute atomic E-state index is 0.650. The molecular formula is C8H20OSi. The predicted molar refractivity (Wildman–Crippen MR) is 48.9 cm³/mol. The average Bonchev–Trinajstić information content (AvgIpc) is 1.98. The van der Waals surface area contributed by atoms with Gasteiger partial charge in [0.05, 0.1) is 0 Å². The Morgan fingerprint density at radius 3 is 2.50 bits per heavy atom. The molecule has 1 nitrogen and oxygen atoms in total. The molecule has 0 bridgehead atoms. The first kappa shape index (κ1) is 10.2. The van der Waals surface area contributed by atoms with Crippen LogP contribution in [0.1, 0.15) is 46.0 Å². The van der Waals surface area contributed by atoms with Gasteiger partial charge in [0.1, 0.15) is 0 Å². The summed E-state index contributed by atoms with van der Waals surface area (Å²) in [5.41, 5.74) is 0.650. The topological polar surface area (TPSA) is 20.2 Å². The molecule has 1 N–H and O–H groups in total. The van der Waals surface area contributed by atoms with E-state index in [1.807, 2.05) is 0 Å². The Balaban J connectivity index is 2.89. The van der Waals surface area contributed by atoms with Crippen molar-refractivity contribution in [2.45, 2.75) is 51.5 Å². The number of hydrogen-bond acceptors (Lipinski definition) is 1. The molecule has 1 atom stereocenters. The highest BCUT2D eigenvalue weighted by Gasteiger charge is 1.98. The molecule has 10 heavy (non-hydrogen) atoms. The molecule has 0 aromatic rings. The van der Waals surface area contributed by atoms with Gasteiger partial charge in [0.15, 0.2) is 9.76 Å². The van der Waals surface area contributed by atoms with Crippen LogP contribution in [0.2, 0.25) is 5.54 Å². The first-order valence-electron chi connectivity index (χ1n) is 4.42. The van der Waals surface area contributed by atoms with Crippen LogP contribution in [0.3, 0.4) is 0 Å². The van der Waals surface area contributed by atoms with Gasteiger partial charge in [-0.15, -0.1) is 0 Å². The molecule has 0 rings (SSSR count). The summed E-state index contributed by atoms with van der Waals surface area (Å²) >= 11 is 0. The summed E-state index contributed by atoms with van der Waals surface area (Å²) in [5, 5.41) is 0. The Bertz CT molecular complexity index is 66.3. The average molecular weight is 160 g/mol. The molecule has 0 saturated heterocycles. The van der Waals surface area contributed by atoms with Gasteiger partial charge in [-0.05, 0) is 5.54 Å². The highest BCUT2D eigenvalue weighted by molar-refractivity contribution is 6.27. The van der Waals surface area contributed by atoms with Crippen LogP contribution in [0.15, 0.2) is 0 Å². The summed E-state index contributed by atoms with van der Waals surface area (Å²) in [6.07, 6.45) is 6.60. The van der Waals surface area contributed by atoms with Gasteiger partial charge in [0, 0.05) is 0 Å². The van der Waals surface area contributed by atoms with E-state index in [0.29, 0.717) is 5.54 Å². The maximum absolute atomic E-state index is 8.83. The molecule has 0 saturated carbocycles. The summed E-state index contributed by atoms with van der Waals surface area (Å²) in [5.74, 6) is 0. The van der Waals surface area contributed by atoms with Crippen LogP contribution in [0.25, 0.3) is 0 Å². The summed E-state index contributed by atoms with van der Waals surface area (Å²) in [6, 6.07) is 0. The van der Waals surface area contributed by atoms with Gasteiger partial charge in [0.25, 0.3) is 0 Å². The molecule has 1 unspecified atom stereocenters. The molecule has 2 heteroatoms. The third-order valence-electron chi connectivity index (χ3n) is 1.86. The number of unbranched alkanes of at least 4 members (excludes halogenated alkanes) is 3. The van der Waals surface area contributed by atoms with Crippen LogP contribution in [-0.4, -0.2) is 14.6 Å². The Morgan fingerprint density at radius 2 is 2.00 bits per heavy atom. The second-order valence-corrected chi connectivity index (χ2v) is 4.90. The van der Waals surface area contributed by atoms with Crippen molar-refractivity contribution in [3.05, 3.63) is 0 Å². The van der Waals surface area contributed by atoms with E-state index in [4.69, 9.17) is 4.80 Å². The normalized spacial score (nSPS) is 14.7. The second kappa shape index (κ2) is 7.29. The monoisotopic (exact) mass is 160 g/mol. The van der Waals surface area contributed by atoms with E-state index in [1.165, 1.54) is 32.1 Å². The zero-order valence-electron chi connectivity index (χ0n) is 7.27. The summed E-state index contributed by atoms with van der Waals surface area (Å²) in [4.78, 5) is 8.83. The van der Waals surface area contributed by atoms with Crippen LogP contribution in [0, 0.1) is 0 Å². The van der Waals surface area contributed by atoms with Crippen molar-refractivity contribution in [3.8, 4) is 0 Å². The molecular weight excluding hydrogens is 140 g/mol. The molecule has 0 aliphatic heterocycles. The fourth-order valence-corrected chi connectivity index (χ4v) is 1.48. The van der Waals surface area contributed by atoms with E-state index in [-0.39, 0.29) is 0 Å². The molecule has 0 amide bonds. The standard InChI is InChI=1S/C8H20OSi/c1-3-4-5-6-7-8(2)10-9/h8-9H,3-7,10H2,1-2H3. The van der Waals surface area contributed by atoms with Gasteiger partial charge in [-0.3, -0.25) is 0 Å². The minimum Gasteiger partial charge on any atom is -0.438 e. The van der Waals surface area contributed by atoms with Crippen LogP contribution in [-0.2, 0) is 0 Å². The SMILES string of the molecule is CCCCCCC(C)[SiH2]O. The molecule has 0 aromatic heterocycles. The lowest BCUT2D eigenvalue weighted by molar-refractivity contribution is 0.553.